The Labute approximate surface area is 126 Å². The first kappa shape index (κ1) is 14.9. The molecule has 0 saturated carbocycles. The van der Waals surface area contributed by atoms with Crippen molar-refractivity contribution >= 4 is 34.9 Å². The zero-order valence-electron chi connectivity index (χ0n) is 11.2. The van der Waals surface area contributed by atoms with Gasteiger partial charge in [0.25, 0.3) is 5.91 Å². The summed E-state index contributed by atoms with van der Waals surface area (Å²) >= 11 is 5.78. The van der Waals surface area contributed by atoms with E-state index in [2.05, 4.69) is 5.32 Å². The molecule has 0 spiro atoms. The van der Waals surface area contributed by atoms with Gasteiger partial charge in [0.1, 0.15) is 0 Å². The fraction of sp³-hybridized carbons (Fsp3) is 0.0667. The molecular weight excluding hydrogens is 292 g/mol. The lowest BCUT2D eigenvalue weighted by molar-refractivity contribution is 0.0696. The van der Waals surface area contributed by atoms with E-state index in [0.29, 0.717) is 16.9 Å². The van der Waals surface area contributed by atoms with E-state index >= 15 is 0 Å². The van der Waals surface area contributed by atoms with E-state index in [1.807, 2.05) is 0 Å². The highest BCUT2D eigenvalue weighted by molar-refractivity contribution is 6.33. The molecule has 0 bridgehead atoms. The SMILES string of the molecule is Cc1cc(C(=O)Nc2ccc(Cl)c(C(=O)O)c2)ccc1N. The van der Waals surface area contributed by atoms with Crippen LogP contribution >= 0.6 is 11.6 Å². The highest BCUT2D eigenvalue weighted by Crippen LogP contribution is 2.21. The molecule has 0 aliphatic heterocycles. The minimum Gasteiger partial charge on any atom is -0.478 e. The van der Waals surface area contributed by atoms with Crippen LogP contribution in [-0.2, 0) is 0 Å². The van der Waals surface area contributed by atoms with Gasteiger partial charge in [-0.3, -0.25) is 4.79 Å². The van der Waals surface area contributed by atoms with Crippen LogP contribution in [0.2, 0.25) is 5.02 Å². The van der Waals surface area contributed by atoms with Gasteiger partial charge in [-0.25, -0.2) is 4.79 Å². The van der Waals surface area contributed by atoms with Gasteiger partial charge < -0.3 is 16.2 Å². The van der Waals surface area contributed by atoms with Gasteiger partial charge in [-0.05, 0) is 48.9 Å². The average Bonchev–Trinajstić information content (AvgIpc) is 2.43. The van der Waals surface area contributed by atoms with Crippen molar-refractivity contribution in [3.8, 4) is 0 Å². The zero-order chi connectivity index (χ0) is 15.6. The van der Waals surface area contributed by atoms with Crippen molar-refractivity contribution in [2.45, 2.75) is 6.92 Å². The van der Waals surface area contributed by atoms with Gasteiger partial charge >= 0.3 is 5.97 Å². The van der Waals surface area contributed by atoms with E-state index < -0.39 is 5.97 Å². The number of anilines is 2. The molecule has 0 aliphatic rings. The predicted octanol–water partition coefficient (Wildman–Crippen LogP) is 3.18. The maximum absolute atomic E-state index is 12.1. The van der Waals surface area contributed by atoms with Gasteiger partial charge in [0.15, 0.2) is 0 Å². The summed E-state index contributed by atoms with van der Waals surface area (Å²) in [6.07, 6.45) is 0. The first-order chi connectivity index (χ1) is 9.88. The highest BCUT2D eigenvalue weighted by Gasteiger charge is 2.12. The molecule has 4 N–H and O–H groups in total. The lowest BCUT2D eigenvalue weighted by Crippen LogP contribution is -2.13. The second kappa shape index (κ2) is 5.85. The standard InChI is InChI=1S/C15H13ClN2O3/c1-8-6-9(2-5-13(8)17)14(19)18-10-3-4-12(16)11(7-10)15(20)21/h2-7H,17H2,1H3,(H,18,19)(H,20,21). The number of carbonyl (C=O) groups excluding carboxylic acids is 1. The summed E-state index contributed by atoms with van der Waals surface area (Å²) in [5.74, 6) is -1.50. The molecule has 0 atom stereocenters. The molecule has 108 valence electrons. The van der Waals surface area contributed by atoms with Crippen molar-refractivity contribution in [1.82, 2.24) is 0 Å². The van der Waals surface area contributed by atoms with Crippen LogP contribution in [0.15, 0.2) is 36.4 Å². The molecule has 0 unspecified atom stereocenters. The van der Waals surface area contributed by atoms with Crippen molar-refractivity contribution in [3.05, 3.63) is 58.1 Å². The second-order valence-corrected chi connectivity index (χ2v) is 4.93. The Bertz CT molecular complexity index is 729. The van der Waals surface area contributed by atoms with Crippen LogP contribution in [0, 0.1) is 6.92 Å². The molecule has 21 heavy (non-hydrogen) atoms. The van der Waals surface area contributed by atoms with E-state index in [4.69, 9.17) is 22.4 Å². The minimum absolute atomic E-state index is 0.0667. The predicted molar refractivity (Wildman–Crippen MR) is 82.0 cm³/mol. The van der Waals surface area contributed by atoms with Crippen LogP contribution in [0.25, 0.3) is 0 Å². The Morgan fingerprint density at radius 1 is 1.19 bits per heavy atom. The maximum atomic E-state index is 12.1. The summed E-state index contributed by atoms with van der Waals surface area (Å²) in [4.78, 5) is 23.1. The molecule has 0 aromatic heterocycles. The number of nitrogens with one attached hydrogen (secondary N) is 1. The first-order valence-corrected chi connectivity index (χ1v) is 6.46. The molecule has 5 nitrogen and oxygen atoms in total. The van der Waals surface area contributed by atoms with Crippen molar-refractivity contribution in [2.24, 2.45) is 0 Å². The Balaban J connectivity index is 2.25. The van der Waals surface area contributed by atoms with Crippen molar-refractivity contribution < 1.29 is 14.7 Å². The number of hydrogen-bond donors (Lipinski definition) is 3. The lowest BCUT2D eigenvalue weighted by atomic mass is 10.1. The molecule has 0 saturated heterocycles. The Hall–Kier alpha value is -2.53. The number of benzene rings is 2. The number of carboxylic acids is 1. The molecule has 2 aromatic carbocycles. The van der Waals surface area contributed by atoms with E-state index in [1.165, 1.54) is 18.2 Å². The molecule has 0 aliphatic carbocycles. The van der Waals surface area contributed by atoms with E-state index in [9.17, 15) is 9.59 Å². The Kier molecular flexibility index (Phi) is 4.14. The molecule has 6 heteroatoms. The third kappa shape index (κ3) is 3.32. The fourth-order valence-electron chi connectivity index (χ4n) is 1.79. The minimum atomic E-state index is -1.15. The molecule has 2 rings (SSSR count). The van der Waals surface area contributed by atoms with E-state index in [1.54, 1.807) is 25.1 Å². The van der Waals surface area contributed by atoms with Gasteiger partial charge in [0, 0.05) is 16.9 Å². The lowest BCUT2D eigenvalue weighted by Gasteiger charge is -2.08. The Morgan fingerprint density at radius 2 is 1.90 bits per heavy atom. The number of nitrogen functional groups attached to an aromatic ring is 1. The Morgan fingerprint density at radius 3 is 2.52 bits per heavy atom. The van der Waals surface area contributed by atoms with Gasteiger partial charge in [0.2, 0.25) is 0 Å². The first-order valence-electron chi connectivity index (χ1n) is 6.09. The van der Waals surface area contributed by atoms with Crippen LogP contribution in [0.1, 0.15) is 26.3 Å². The number of aryl methyl sites for hydroxylation is 1. The summed E-state index contributed by atoms with van der Waals surface area (Å²) in [7, 11) is 0. The van der Waals surface area contributed by atoms with Crippen LogP contribution in [0.5, 0.6) is 0 Å². The average molecular weight is 305 g/mol. The van der Waals surface area contributed by atoms with E-state index in [0.717, 1.165) is 5.56 Å². The second-order valence-electron chi connectivity index (χ2n) is 4.53. The third-order valence-electron chi connectivity index (χ3n) is 2.99. The summed E-state index contributed by atoms with van der Waals surface area (Å²) < 4.78 is 0. The molecule has 0 fully saturated rings. The van der Waals surface area contributed by atoms with Gasteiger partial charge in [-0.1, -0.05) is 11.6 Å². The van der Waals surface area contributed by atoms with Crippen molar-refractivity contribution in [1.29, 1.82) is 0 Å². The monoisotopic (exact) mass is 304 g/mol. The summed E-state index contributed by atoms with van der Waals surface area (Å²) in [5.41, 5.74) is 7.83. The molecule has 0 radical (unpaired) electrons. The summed E-state index contributed by atoms with van der Waals surface area (Å²) in [5, 5.41) is 11.7. The van der Waals surface area contributed by atoms with Crippen LogP contribution in [0.3, 0.4) is 0 Å². The van der Waals surface area contributed by atoms with Crippen molar-refractivity contribution in [3.63, 3.8) is 0 Å². The van der Waals surface area contributed by atoms with Crippen LogP contribution in [-0.4, -0.2) is 17.0 Å². The quantitative estimate of drug-likeness (QED) is 0.759. The van der Waals surface area contributed by atoms with Gasteiger partial charge in [-0.2, -0.15) is 0 Å². The largest absolute Gasteiger partial charge is 0.478 e. The van der Waals surface area contributed by atoms with Crippen molar-refractivity contribution in [2.75, 3.05) is 11.1 Å². The normalized spacial score (nSPS) is 10.2. The van der Waals surface area contributed by atoms with E-state index in [-0.39, 0.29) is 16.5 Å². The van der Waals surface area contributed by atoms with Gasteiger partial charge in [0.05, 0.1) is 10.6 Å². The smallest absolute Gasteiger partial charge is 0.337 e. The van der Waals surface area contributed by atoms with Crippen LogP contribution < -0.4 is 11.1 Å². The summed E-state index contributed by atoms with van der Waals surface area (Å²) in [6, 6.07) is 9.19. The molecule has 0 heterocycles. The maximum Gasteiger partial charge on any atom is 0.337 e. The highest BCUT2D eigenvalue weighted by atomic mass is 35.5. The third-order valence-corrected chi connectivity index (χ3v) is 3.32. The molecular formula is C15H13ClN2O3. The van der Waals surface area contributed by atoms with Crippen LogP contribution in [0.4, 0.5) is 11.4 Å². The molecule has 1 amide bonds. The number of hydrogen-bond acceptors (Lipinski definition) is 3. The number of halogens is 1. The topological polar surface area (TPSA) is 92.4 Å². The number of aromatic carboxylic acids is 1. The summed E-state index contributed by atoms with van der Waals surface area (Å²) in [6.45, 7) is 1.80. The number of amides is 1. The zero-order valence-corrected chi connectivity index (χ0v) is 11.9. The number of rotatable bonds is 3. The number of carboxylic acid groups (broad SMARTS) is 1. The fourth-order valence-corrected chi connectivity index (χ4v) is 1.99. The van der Waals surface area contributed by atoms with Gasteiger partial charge in [-0.15, -0.1) is 0 Å². The number of carbonyl (C=O) groups is 2. The number of nitrogens with two attached hydrogens (primary N) is 1. The molecule has 2 aromatic rings.